The average Bonchev–Trinajstić information content (AvgIpc) is 2.00. The van der Waals surface area contributed by atoms with Gasteiger partial charge in [-0.15, -0.1) is 11.8 Å². The van der Waals surface area contributed by atoms with Gasteiger partial charge in [0.25, 0.3) is 0 Å². The van der Waals surface area contributed by atoms with Gasteiger partial charge in [0.2, 0.25) is 0 Å². The summed E-state index contributed by atoms with van der Waals surface area (Å²) in [7, 11) is -9.63. The topological polar surface area (TPSA) is 20.2 Å². The third kappa shape index (κ3) is 2.91. The first-order valence-corrected chi connectivity index (χ1v) is 6.73. The number of aromatic hydroxyl groups is 1. The van der Waals surface area contributed by atoms with Crippen LogP contribution < -0.4 is 0 Å². The molecule has 15 heavy (non-hydrogen) atoms. The second-order valence-electron chi connectivity index (χ2n) is 2.80. The van der Waals surface area contributed by atoms with Crippen LogP contribution in [0.15, 0.2) is 28.0 Å². The van der Waals surface area contributed by atoms with Crippen molar-refractivity contribution < 1.29 is 24.5 Å². The summed E-state index contributed by atoms with van der Waals surface area (Å²) in [6.45, 7) is 0. The lowest BCUT2D eigenvalue weighted by Crippen LogP contribution is -2.05. The van der Waals surface area contributed by atoms with Gasteiger partial charge in [0.1, 0.15) is 10.6 Å². The zero-order valence-corrected chi connectivity index (χ0v) is 9.02. The fourth-order valence-corrected chi connectivity index (χ4v) is 2.16. The fraction of sp³-hybridized carbons (Fsp3) is 0.143. The van der Waals surface area contributed by atoms with Crippen LogP contribution in [0.25, 0.3) is 0 Å². The van der Waals surface area contributed by atoms with Crippen LogP contribution in [0.1, 0.15) is 0 Å². The van der Waals surface area contributed by atoms with Crippen LogP contribution in [0.3, 0.4) is 0 Å². The molecule has 0 fully saturated rings. The Bertz CT molecular complexity index is 399. The first-order chi connectivity index (χ1) is 6.44. The van der Waals surface area contributed by atoms with Gasteiger partial charge in [-0.2, -0.15) is 0 Å². The Kier molecular flexibility index (Phi) is 2.26. The number of phenols is 1. The molecule has 0 radical (unpaired) electrons. The van der Waals surface area contributed by atoms with Gasteiger partial charge in [0.15, 0.2) is 0 Å². The molecule has 1 aromatic rings. The maximum atomic E-state index is 12.3. The van der Waals surface area contributed by atoms with Crippen LogP contribution in [-0.4, -0.2) is 11.4 Å². The predicted molar refractivity (Wildman–Crippen MR) is 51.3 cm³/mol. The summed E-state index contributed by atoms with van der Waals surface area (Å²) in [5, 5.41) is 9.05. The summed E-state index contributed by atoms with van der Waals surface area (Å²) in [4.78, 5) is -2.22. The molecule has 0 amide bonds. The lowest BCUT2D eigenvalue weighted by molar-refractivity contribution is 0.363. The van der Waals surface area contributed by atoms with E-state index in [2.05, 4.69) is 0 Å². The molecular weight excluding hydrogens is 259 g/mol. The van der Waals surface area contributed by atoms with Crippen molar-refractivity contribution in [3.05, 3.63) is 18.2 Å². The molecule has 0 aliphatic heterocycles. The molecule has 8 heteroatoms. The average molecular weight is 266 g/mol. The monoisotopic (exact) mass is 266 g/mol. The number of thioether (sulfide) groups is 1. The summed E-state index contributed by atoms with van der Waals surface area (Å²) in [5.74, 6) is -0.451. The highest BCUT2D eigenvalue weighted by atomic mass is 32.5. The van der Waals surface area contributed by atoms with E-state index in [0.29, 0.717) is 6.07 Å². The molecule has 0 heterocycles. The number of rotatable bonds is 2. The summed E-state index contributed by atoms with van der Waals surface area (Å²) in [6, 6.07) is 1.04. The van der Waals surface area contributed by atoms with E-state index >= 15 is 0 Å². The maximum absolute atomic E-state index is 12.3. The van der Waals surface area contributed by atoms with E-state index in [1.54, 1.807) is 0 Å². The van der Waals surface area contributed by atoms with Crippen LogP contribution >= 0.6 is 22.0 Å². The van der Waals surface area contributed by atoms with Crippen molar-refractivity contribution in [2.45, 2.75) is 9.79 Å². The van der Waals surface area contributed by atoms with Gasteiger partial charge in [-0.1, -0.05) is 19.4 Å². The van der Waals surface area contributed by atoms with Crippen LogP contribution in [-0.2, 0) is 0 Å². The lowest BCUT2D eigenvalue weighted by atomic mass is 10.3. The molecule has 0 bridgehead atoms. The normalized spacial score (nSPS) is 16.9. The molecule has 1 aromatic carbocycles. The minimum absolute atomic E-state index is 0.177. The van der Waals surface area contributed by atoms with Gasteiger partial charge in [-0.25, -0.2) is 0 Å². The van der Waals surface area contributed by atoms with Crippen molar-refractivity contribution in [1.29, 1.82) is 0 Å². The Morgan fingerprint density at radius 3 is 2.07 bits per heavy atom. The van der Waals surface area contributed by atoms with Crippen molar-refractivity contribution in [3.8, 4) is 5.75 Å². The second-order valence-corrected chi connectivity index (χ2v) is 6.06. The van der Waals surface area contributed by atoms with Gasteiger partial charge >= 0.3 is 10.2 Å². The molecule has 1 nitrogen and oxygen atoms in total. The molecule has 0 atom stereocenters. The third-order valence-corrected chi connectivity index (χ3v) is 3.51. The Morgan fingerprint density at radius 1 is 1.13 bits per heavy atom. The van der Waals surface area contributed by atoms with E-state index < -0.39 is 20.9 Å². The van der Waals surface area contributed by atoms with Gasteiger partial charge in [-0.3, -0.25) is 0 Å². The summed E-state index contributed by atoms with van der Waals surface area (Å²) < 4.78 is 61.5. The minimum atomic E-state index is -9.63. The van der Waals surface area contributed by atoms with Gasteiger partial charge in [-0.05, 0) is 24.5 Å². The molecule has 1 N–H and O–H groups in total. The van der Waals surface area contributed by atoms with E-state index in [9.17, 15) is 19.4 Å². The maximum Gasteiger partial charge on any atom is 0.310 e. The molecule has 0 aliphatic carbocycles. The number of halogens is 5. The quantitative estimate of drug-likeness (QED) is 0.614. The highest BCUT2D eigenvalue weighted by molar-refractivity contribution is 8.45. The summed E-state index contributed by atoms with van der Waals surface area (Å²) in [5.41, 5.74) is 0. The van der Waals surface area contributed by atoms with Crippen LogP contribution in [0.5, 0.6) is 5.75 Å². The molecule has 0 aliphatic rings. The number of hydrogen-bond acceptors (Lipinski definition) is 2. The highest BCUT2D eigenvalue weighted by Crippen LogP contribution is 3.02. The van der Waals surface area contributed by atoms with Crippen LogP contribution in [0, 0.1) is 0 Å². The SMILES string of the molecule is CSc1cc(S(F)(F)(F)(F)F)ccc1O. The van der Waals surface area contributed by atoms with E-state index in [1.165, 1.54) is 6.26 Å². The van der Waals surface area contributed by atoms with Gasteiger partial charge < -0.3 is 5.11 Å². The lowest BCUT2D eigenvalue weighted by Gasteiger charge is -2.40. The van der Waals surface area contributed by atoms with E-state index in [1.807, 2.05) is 0 Å². The van der Waals surface area contributed by atoms with Crippen molar-refractivity contribution >= 4 is 22.0 Å². The zero-order chi connectivity index (χ0) is 12.0. The van der Waals surface area contributed by atoms with E-state index in [4.69, 9.17) is 5.11 Å². The first-order valence-electron chi connectivity index (χ1n) is 3.55. The van der Waals surface area contributed by atoms with Crippen molar-refractivity contribution in [3.63, 3.8) is 0 Å². The fourth-order valence-electron chi connectivity index (χ4n) is 0.898. The predicted octanol–water partition coefficient (Wildman–Crippen LogP) is 4.77. The largest absolute Gasteiger partial charge is 0.507 e. The molecule has 0 aromatic heterocycles. The molecular formula is C7H7F5OS2. The van der Waals surface area contributed by atoms with Crippen molar-refractivity contribution in [2.24, 2.45) is 0 Å². The van der Waals surface area contributed by atoms with Crippen molar-refractivity contribution in [1.82, 2.24) is 0 Å². The zero-order valence-electron chi connectivity index (χ0n) is 7.39. The Balaban J connectivity index is 3.44. The number of benzene rings is 1. The number of phenolic OH excluding ortho intramolecular Hbond substituents is 1. The molecule has 0 saturated heterocycles. The van der Waals surface area contributed by atoms with Crippen LogP contribution in [0.2, 0.25) is 0 Å². The van der Waals surface area contributed by atoms with Crippen LogP contribution in [0.4, 0.5) is 19.4 Å². The van der Waals surface area contributed by atoms with Crippen molar-refractivity contribution in [2.75, 3.05) is 6.26 Å². The molecule has 0 spiro atoms. The molecule has 0 saturated carbocycles. The first kappa shape index (κ1) is 12.4. The Morgan fingerprint density at radius 2 is 1.67 bits per heavy atom. The highest BCUT2D eigenvalue weighted by Gasteiger charge is 2.65. The van der Waals surface area contributed by atoms with Gasteiger partial charge in [0, 0.05) is 0 Å². The molecule has 88 valence electrons. The third-order valence-electron chi connectivity index (χ3n) is 1.60. The van der Waals surface area contributed by atoms with E-state index in [-0.39, 0.29) is 17.0 Å². The number of hydrogen-bond donors (Lipinski definition) is 1. The summed E-state index contributed by atoms with van der Waals surface area (Å²) >= 11 is 0.759. The minimum Gasteiger partial charge on any atom is -0.507 e. The standard InChI is InChI=1S/C7H7F5OS2/c1-14-7-4-5(2-3-6(7)13)15(8,9,10,11)12/h2-4,13H,1H3. The summed E-state index contributed by atoms with van der Waals surface area (Å²) in [6.07, 6.45) is 1.38. The molecule has 0 unspecified atom stereocenters. The Labute approximate surface area is 87.0 Å². The smallest absolute Gasteiger partial charge is 0.310 e. The van der Waals surface area contributed by atoms with Gasteiger partial charge in [0.05, 0.1) is 4.90 Å². The molecule has 1 rings (SSSR count). The van der Waals surface area contributed by atoms with E-state index in [0.717, 1.165) is 11.8 Å². The Hall–Kier alpha value is -0.630. The second kappa shape index (κ2) is 2.73.